The number of thioether (sulfide) groups is 1. The van der Waals surface area contributed by atoms with Gasteiger partial charge in [0, 0.05) is 18.8 Å². The molecule has 0 saturated heterocycles. The number of nitrogens with zero attached hydrogens (tertiary/aromatic N) is 4. The molecule has 1 aliphatic rings. The number of amides is 1. The van der Waals surface area contributed by atoms with Gasteiger partial charge >= 0.3 is 0 Å². The number of benzene rings is 2. The van der Waals surface area contributed by atoms with Crippen molar-refractivity contribution in [3.8, 4) is 11.4 Å². The van der Waals surface area contributed by atoms with Crippen LogP contribution in [0.2, 0.25) is 0 Å². The average Bonchev–Trinajstić information content (AvgIpc) is 3.14. The van der Waals surface area contributed by atoms with Gasteiger partial charge in [-0.2, -0.15) is 0 Å². The highest BCUT2D eigenvalue weighted by Crippen LogP contribution is 2.32. The van der Waals surface area contributed by atoms with Crippen molar-refractivity contribution in [2.24, 2.45) is 5.92 Å². The molecule has 2 aromatic carbocycles. The summed E-state index contributed by atoms with van der Waals surface area (Å²) in [5, 5.41) is 8.92. The zero-order chi connectivity index (χ0) is 22.0. The minimum Gasteiger partial charge on any atom is -0.311 e. The van der Waals surface area contributed by atoms with E-state index in [4.69, 9.17) is 0 Å². The minimum atomic E-state index is -0.338. The van der Waals surface area contributed by atoms with Crippen molar-refractivity contribution in [2.45, 2.75) is 50.6 Å². The molecule has 0 bridgehead atoms. The van der Waals surface area contributed by atoms with Gasteiger partial charge in [0.2, 0.25) is 5.91 Å². The first-order chi connectivity index (χ1) is 15.0. The molecule has 4 rings (SSSR count). The van der Waals surface area contributed by atoms with E-state index in [9.17, 15) is 9.18 Å². The smallest absolute Gasteiger partial charge is 0.240 e. The Morgan fingerprint density at radius 3 is 2.61 bits per heavy atom. The van der Waals surface area contributed by atoms with Crippen LogP contribution in [-0.2, 0) is 17.8 Å². The van der Waals surface area contributed by atoms with Crippen LogP contribution in [0.5, 0.6) is 0 Å². The molecule has 1 aliphatic heterocycles. The van der Waals surface area contributed by atoms with E-state index in [-0.39, 0.29) is 17.0 Å². The Bertz CT molecular complexity index is 1080. The van der Waals surface area contributed by atoms with Crippen molar-refractivity contribution in [2.75, 3.05) is 11.4 Å². The number of aromatic nitrogens is 3. The van der Waals surface area contributed by atoms with Gasteiger partial charge in [0.1, 0.15) is 5.82 Å². The largest absolute Gasteiger partial charge is 0.311 e. The lowest BCUT2D eigenvalue weighted by atomic mass is 10.0. The lowest BCUT2D eigenvalue weighted by molar-refractivity contribution is -0.117. The summed E-state index contributed by atoms with van der Waals surface area (Å²) in [7, 11) is 0. The van der Waals surface area contributed by atoms with Crippen LogP contribution in [-0.4, -0.2) is 32.5 Å². The molecule has 2 heterocycles. The third-order valence-electron chi connectivity index (χ3n) is 5.39. The predicted octanol–water partition coefficient (Wildman–Crippen LogP) is 5.20. The molecule has 3 aromatic rings. The third-order valence-corrected chi connectivity index (χ3v) is 6.45. The Balaban J connectivity index is 1.61. The van der Waals surface area contributed by atoms with Crippen molar-refractivity contribution >= 4 is 23.4 Å². The third kappa shape index (κ3) is 4.51. The van der Waals surface area contributed by atoms with Gasteiger partial charge in [0.15, 0.2) is 11.0 Å². The summed E-state index contributed by atoms with van der Waals surface area (Å²) < 4.78 is 16.4. The summed E-state index contributed by atoms with van der Waals surface area (Å²) in [5.41, 5.74) is 2.64. The highest BCUT2D eigenvalue weighted by molar-refractivity contribution is 8.00. The number of fused-ring (bicyclic) bond motifs is 1. The summed E-state index contributed by atoms with van der Waals surface area (Å²) in [6.45, 7) is 7.46. The second kappa shape index (κ2) is 9.22. The molecule has 5 nitrogen and oxygen atoms in total. The maximum atomic E-state index is 14.4. The summed E-state index contributed by atoms with van der Waals surface area (Å²) in [6.07, 6.45) is 1.96. The molecule has 1 aromatic heterocycles. The number of hydrogen-bond donors (Lipinski definition) is 0. The molecule has 0 N–H and O–H groups in total. The molecule has 162 valence electrons. The van der Waals surface area contributed by atoms with Crippen LogP contribution in [0.15, 0.2) is 53.7 Å². The van der Waals surface area contributed by atoms with E-state index in [2.05, 4.69) is 30.1 Å². The van der Waals surface area contributed by atoms with Crippen molar-refractivity contribution in [1.82, 2.24) is 14.8 Å². The topological polar surface area (TPSA) is 51.0 Å². The van der Waals surface area contributed by atoms with E-state index in [1.165, 1.54) is 23.4 Å². The molecule has 0 aliphatic carbocycles. The molecule has 1 atom stereocenters. The predicted molar refractivity (Wildman–Crippen MR) is 123 cm³/mol. The van der Waals surface area contributed by atoms with Crippen LogP contribution >= 0.6 is 11.8 Å². The van der Waals surface area contributed by atoms with Gasteiger partial charge in [-0.1, -0.05) is 55.9 Å². The van der Waals surface area contributed by atoms with E-state index in [0.717, 1.165) is 25.1 Å². The van der Waals surface area contributed by atoms with Crippen LogP contribution in [0.3, 0.4) is 0 Å². The van der Waals surface area contributed by atoms with Gasteiger partial charge in [-0.15, -0.1) is 10.2 Å². The maximum absolute atomic E-state index is 14.4. The van der Waals surface area contributed by atoms with Gasteiger partial charge in [-0.05, 0) is 49.4 Å². The zero-order valence-corrected chi connectivity index (χ0v) is 18.9. The number of halogens is 1. The minimum absolute atomic E-state index is 0.0590. The maximum Gasteiger partial charge on any atom is 0.240 e. The van der Waals surface area contributed by atoms with E-state index >= 15 is 0 Å². The Kier molecular flexibility index (Phi) is 6.41. The number of para-hydroxylation sites is 1. The van der Waals surface area contributed by atoms with Crippen molar-refractivity contribution in [1.29, 1.82) is 0 Å². The lowest BCUT2D eigenvalue weighted by Gasteiger charge is -2.31. The zero-order valence-electron chi connectivity index (χ0n) is 18.1. The first-order valence-electron chi connectivity index (χ1n) is 10.7. The fourth-order valence-corrected chi connectivity index (χ4v) is 4.86. The molecule has 31 heavy (non-hydrogen) atoms. The Morgan fingerprint density at radius 1 is 1.10 bits per heavy atom. The number of rotatable bonds is 6. The number of hydrogen-bond acceptors (Lipinski definition) is 4. The molecule has 1 unspecified atom stereocenters. The summed E-state index contributed by atoms with van der Waals surface area (Å²) in [6, 6.07) is 14.7. The normalized spacial score (nSPS) is 14.5. The fourth-order valence-electron chi connectivity index (χ4n) is 3.94. The second-order valence-electron chi connectivity index (χ2n) is 8.27. The second-order valence-corrected chi connectivity index (χ2v) is 9.58. The first-order valence-corrected chi connectivity index (χ1v) is 11.6. The van der Waals surface area contributed by atoms with E-state index < -0.39 is 0 Å². The van der Waals surface area contributed by atoms with Crippen molar-refractivity contribution in [3.63, 3.8) is 0 Å². The summed E-state index contributed by atoms with van der Waals surface area (Å²) in [4.78, 5) is 15.2. The van der Waals surface area contributed by atoms with Crippen molar-refractivity contribution < 1.29 is 9.18 Å². The highest BCUT2D eigenvalue weighted by Gasteiger charge is 2.28. The number of anilines is 1. The van der Waals surface area contributed by atoms with Crippen LogP contribution in [0.25, 0.3) is 11.4 Å². The van der Waals surface area contributed by atoms with E-state index in [1.54, 1.807) is 18.2 Å². The molecular weight excluding hydrogens is 411 g/mol. The van der Waals surface area contributed by atoms with Crippen LogP contribution in [0.1, 0.15) is 32.8 Å². The summed E-state index contributed by atoms with van der Waals surface area (Å²) in [5.74, 6) is 0.548. The summed E-state index contributed by atoms with van der Waals surface area (Å²) >= 11 is 1.39. The first kappa shape index (κ1) is 21.6. The van der Waals surface area contributed by atoms with Gasteiger partial charge in [0.05, 0.1) is 10.8 Å². The average molecular weight is 439 g/mol. The highest BCUT2D eigenvalue weighted by atomic mass is 32.2. The molecular formula is C24H27FN4OS. The van der Waals surface area contributed by atoms with Gasteiger partial charge in [-0.3, -0.25) is 4.79 Å². The van der Waals surface area contributed by atoms with Gasteiger partial charge < -0.3 is 9.47 Å². The Morgan fingerprint density at radius 2 is 1.84 bits per heavy atom. The standard InChI is InChI=1S/C24H27FN4OS/c1-16(2)15-29-22(19-11-5-6-12-20(19)25)26-27-24(29)31-17(3)23(30)28-14-8-10-18-9-4-7-13-21(18)28/h4-7,9,11-13,16-17H,8,10,14-15H2,1-3H3. The Labute approximate surface area is 186 Å². The molecule has 0 spiro atoms. The number of carbonyl (C=O) groups excluding carboxylic acids is 1. The molecule has 0 saturated carbocycles. The number of carbonyl (C=O) groups is 1. The molecule has 0 radical (unpaired) electrons. The van der Waals surface area contributed by atoms with Crippen LogP contribution in [0, 0.1) is 11.7 Å². The van der Waals surface area contributed by atoms with E-state index in [0.29, 0.717) is 29.0 Å². The van der Waals surface area contributed by atoms with Gasteiger partial charge in [0.25, 0.3) is 0 Å². The van der Waals surface area contributed by atoms with Crippen molar-refractivity contribution in [3.05, 3.63) is 59.9 Å². The van der Waals surface area contributed by atoms with Crippen LogP contribution < -0.4 is 4.90 Å². The lowest BCUT2D eigenvalue weighted by Crippen LogP contribution is -2.40. The van der Waals surface area contributed by atoms with E-state index in [1.807, 2.05) is 34.6 Å². The quantitative estimate of drug-likeness (QED) is 0.497. The SMILES string of the molecule is CC(C)Cn1c(SC(C)C(=O)N2CCCc3ccccc32)nnc1-c1ccccc1F. The molecule has 1 amide bonds. The van der Waals surface area contributed by atoms with Gasteiger partial charge in [-0.25, -0.2) is 4.39 Å². The number of aryl methyl sites for hydroxylation is 1. The van der Waals surface area contributed by atoms with Crippen LogP contribution in [0.4, 0.5) is 10.1 Å². The monoisotopic (exact) mass is 438 g/mol. The Hall–Kier alpha value is -2.67. The molecule has 7 heteroatoms. The molecule has 0 fully saturated rings. The fraction of sp³-hybridized carbons (Fsp3) is 0.375.